The summed E-state index contributed by atoms with van der Waals surface area (Å²) in [7, 11) is 0. The Morgan fingerprint density at radius 3 is 2.29 bits per heavy atom. The molecule has 3 rings (SSSR count). The van der Waals surface area contributed by atoms with Gasteiger partial charge in [0.15, 0.2) is 0 Å². The molecule has 2 amide bonds. The summed E-state index contributed by atoms with van der Waals surface area (Å²) in [5.74, 6) is -2.16. The number of carbonyl (C=O) groups is 3. The van der Waals surface area contributed by atoms with E-state index in [-0.39, 0.29) is 5.75 Å². The van der Waals surface area contributed by atoms with Crippen LogP contribution in [0.5, 0.6) is 5.75 Å². The molecule has 0 saturated heterocycles. The van der Waals surface area contributed by atoms with Crippen LogP contribution in [0.4, 0.5) is 5.69 Å². The molecular weight excluding hydrogens is 486 g/mol. The maximum absolute atomic E-state index is 12.3. The molecule has 0 aliphatic carbocycles. The predicted octanol–water partition coefficient (Wildman–Crippen LogP) is 4.41. The molecule has 2 N–H and O–H groups in total. The number of amides is 2. The van der Waals surface area contributed by atoms with Crippen molar-refractivity contribution in [3.05, 3.63) is 93.4 Å². The van der Waals surface area contributed by atoms with Gasteiger partial charge in [0.05, 0.1) is 11.8 Å². The quantitative estimate of drug-likeness (QED) is 0.178. The number of rotatable bonds is 5. The number of esters is 1. The van der Waals surface area contributed by atoms with E-state index in [1.165, 1.54) is 6.21 Å². The van der Waals surface area contributed by atoms with Gasteiger partial charge in [0.2, 0.25) is 0 Å². The first-order valence-corrected chi connectivity index (χ1v) is 10.1. The molecule has 31 heavy (non-hydrogen) atoms. The molecular formula is C22H15BrClN3O4. The van der Waals surface area contributed by atoms with Crippen LogP contribution in [0.25, 0.3) is 0 Å². The molecule has 0 atom stereocenters. The first-order chi connectivity index (χ1) is 14.9. The number of halogens is 2. The van der Waals surface area contributed by atoms with Crippen molar-refractivity contribution < 1.29 is 19.1 Å². The Labute approximate surface area is 191 Å². The molecule has 3 aromatic carbocycles. The van der Waals surface area contributed by atoms with Crippen molar-refractivity contribution in [2.24, 2.45) is 5.10 Å². The molecule has 0 bridgehead atoms. The minimum atomic E-state index is -0.949. The van der Waals surface area contributed by atoms with Gasteiger partial charge in [-0.05, 0) is 60.7 Å². The monoisotopic (exact) mass is 499 g/mol. The lowest BCUT2D eigenvalue weighted by Crippen LogP contribution is -2.32. The molecule has 0 unspecified atom stereocenters. The van der Waals surface area contributed by atoms with E-state index in [2.05, 4.69) is 31.8 Å². The Morgan fingerprint density at radius 1 is 0.903 bits per heavy atom. The zero-order valence-electron chi connectivity index (χ0n) is 15.8. The Balaban J connectivity index is 1.61. The molecule has 0 radical (unpaired) electrons. The number of hydrogen-bond acceptors (Lipinski definition) is 5. The Hall–Kier alpha value is -3.49. The van der Waals surface area contributed by atoms with Crippen LogP contribution < -0.4 is 15.5 Å². The van der Waals surface area contributed by atoms with Gasteiger partial charge in [0.25, 0.3) is 0 Å². The fraction of sp³-hybridized carbons (Fsp3) is 0. The van der Waals surface area contributed by atoms with Crippen LogP contribution in [-0.2, 0) is 9.59 Å². The molecule has 9 heteroatoms. The lowest BCUT2D eigenvalue weighted by atomic mass is 10.2. The molecule has 0 aliphatic rings. The highest BCUT2D eigenvalue weighted by Crippen LogP contribution is 2.18. The molecule has 0 heterocycles. The zero-order valence-corrected chi connectivity index (χ0v) is 18.2. The third kappa shape index (κ3) is 6.50. The van der Waals surface area contributed by atoms with Crippen molar-refractivity contribution in [1.29, 1.82) is 0 Å². The maximum Gasteiger partial charge on any atom is 0.343 e. The minimum absolute atomic E-state index is 0.236. The summed E-state index contributed by atoms with van der Waals surface area (Å²) in [5.41, 5.74) is 3.36. The van der Waals surface area contributed by atoms with Crippen LogP contribution in [0.3, 0.4) is 0 Å². The van der Waals surface area contributed by atoms with Gasteiger partial charge in [0.1, 0.15) is 5.75 Å². The lowest BCUT2D eigenvalue weighted by Gasteiger charge is -2.07. The summed E-state index contributed by atoms with van der Waals surface area (Å²) < 4.78 is 6.24. The van der Waals surface area contributed by atoms with E-state index in [1.807, 2.05) is 0 Å². The Morgan fingerprint density at radius 2 is 1.58 bits per heavy atom. The summed E-state index contributed by atoms with van der Waals surface area (Å²) in [4.78, 5) is 36.2. The smallest absolute Gasteiger partial charge is 0.343 e. The van der Waals surface area contributed by atoms with Crippen LogP contribution in [0.2, 0.25) is 5.02 Å². The number of carbonyl (C=O) groups excluding carboxylic acids is 3. The summed E-state index contributed by atoms with van der Waals surface area (Å²) in [6, 6.07) is 19.6. The van der Waals surface area contributed by atoms with Crippen LogP contribution in [0.15, 0.2) is 82.4 Å². The molecule has 0 saturated carbocycles. The number of anilines is 1. The van der Waals surface area contributed by atoms with Crippen molar-refractivity contribution in [3.8, 4) is 5.75 Å². The van der Waals surface area contributed by atoms with Gasteiger partial charge in [-0.3, -0.25) is 9.59 Å². The van der Waals surface area contributed by atoms with Crippen molar-refractivity contribution in [2.75, 3.05) is 5.32 Å². The highest BCUT2D eigenvalue weighted by atomic mass is 79.9. The minimum Gasteiger partial charge on any atom is -0.422 e. The second-order valence-corrected chi connectivity index (χ2v) is 7.45. The summed E-state index contributed by atoms with van der Waals surface area (Å²) >= 11 is 9.11. The van der Waals surface area contributed by atoms with Gasteiger partial charge >= 0.3 is 17.8 Å². The fourth-order valence-electron chi connectivity index (χ4n) is 2.36. The summed E-state index contributed by atoms with van der Waals surface area (Å²) in [5, 5.41) is 6.73. The number of benzene rings is 3. The third-order valence-corrected chi connectivity index (χ3v) is 4.66. The van der Waals surface area contributed by atoms with Crippen molar-refractivity contribution in [1.82, 2.24) is 5.43 Å². The average molecular weight is 501 g/mol. The van der Waals surface area contributed by atoms with Crippen molar-refractivity contribution >= 4 is 57.2 Å². The van der Waals surface area contributed by atoms with E-state index in [0.29, 0.717) is 21.8 Å². The van der Waals surface area contributed by atoms with Crippen LogP contribution in [0, 0.1) is 0 Å². The molecule has 0 aromatic heterocycles. The topological polar surface area (TPSA) is 96.9 Å². The summed E-state index contributed by atoms with van der Waals surface area (Å²) in [6.45, 7) is 0. The Bertz CT molecular complexity index is 1130. The second kappa shape index (κ2) is 10.5. The van der Waals surface area contributed by atoms with Gasteiger partial charge in [-0.25, -0.2) is 10.2 Å². The third-order valence-electron chi connectivity index (χ3n) is 3.88. The SMILES string of the molecule is O=C(NN=Cc1ccccc1OC(=O)c1ccc(Cl)cc1)C(=O)Nc1ccc(Br)cc1. The molecule has 3 aromatic rings. The van der Waals surface area contributed by atoms with E-state index in [1.54, 1.807) is 72.8 Å². The van der Waals surface area contributed by atoms with Gasteiger partial charge in [-0.15, -0.1) is 0 Å². The fourth-order valence-corrected chi connectivity index (χ4v) is 2.75. The normalized spacial score (nSPS) is 10.5. The van der Waals surface area contributed by atoms with E-state index in [0.717, 1.165) is 4.47 Å². The zero-order chi connectivity index (χ0) is 22.2. The average Bonchev–Trinajstić information content (AvgIpc) is 2.76. The van der Waals surface area contributed by atoms with Crippen LogP contribution in [0.1, 0.15) is 15.9 Å². The number of nitrogens with zero attached hydrogens (tertiary/aromatic N) is 1. The molecule has 0 aliphatic heterocycles. The van der Waals surface area contributed by atoms with Gasteiger partial charge in [0, 0.05) is 20.7 Å². The number of hydrogen-bond donors (Lipinski definition) is 2. The number of nitrogens with one attached hydrogen (secondary N) is 2. The number of hydrazone groups is 1. The van der Waals surface area contributed by atoms with E-state index >= 15 is 0 Å². The summed E-state index contributed by atoms with van der Waals surface area (Å²) in [6.07, 6.45) is 1.27. The number of para-hydroxylation sites is 1. The standard InChI is InChI=1S/C22H15BrClN3O4/c23-16-7-11-18(12-8-16)26-20(28)21(29)27-25-13-15-3-1-2-4-19(15)31-22(30)14-5-9-17(24)10-6-14/h1-13H,(H,26,28)(H,27,29). The van der Waals surface area contributed by atoms with E-state index < -0.39 is 17.8 Å². The Kier molecular flexibility index (Phi) is 7.53. The second-order valence-electron chi connectivity index (χ2n) is 6.09. The molecule has 156 valence electrons. The van der Waals surface area contributed by atoms with Crippen LogP contribution in [-0.4, -0.2) is 24.0 Å². The predicted molar refractivity (Wildman–Crippen MR) is 121 cm³/mol. The first kappa shape index (κ1) is 22.2. The molecule has 0 spiro atoms. The largest absolute Gasteiger partial charge is 0.422 e. The highest BCUT2D eigenvalue weighted by molar-refractivity contribution is 9.10. The molecule has 0 fully saturated rings. The highest BCUT2D eigenvalue weighted by Gasteiger charge is 2.13. The van der Waals surface area contributed by atoms with E-state index in [9.17, 15) is 14.4 Å². The molecule has 7 nitrogen and oxygen atoms in total. The van der Waals surface area contributed by atoms with Crippen molar-refractivity contribution in [3.63, 3.8) is 0 Å². The lowest BCUT2D eigenvalue weighted by molar-refractivity contribution is -0.136. The first-order valence-electron chi connectivity index (χ1n) is 8.89. The van der Waals surface area contributed by atoms with E-state index in [4.69, 9.17) is 16.3 Å². The van der Waals surface area contributed by atoms with Crippen molar-refractivity contribution in [2.45, 2.75) is 0 Å². The number of ether oxygens (including phenoxy) is 1. The van der Waals surface area contributed by atoms with Crippen LogP contribution >= 0.6 is 27.5 Å². The maximum atomic E-state index is 12.3. The van der Waals surface area contributed by atoms with Gasteiger partial charge in [-0.1, -0.05) is 39.7 Å². The van der Waals surface area contributed by atoms with Gasteiger partial charge in [-0.2, -0.15) is 5.10 Å². The van der Waals surface area contributed by atoms with Gasteiger partial charge < -0.3 is 10.1 Å².